The van der Waals surface area contributed by atoms with Crippen molar-refractivity contribution in [2.45, 2.75) is 0 Å². The van der Waals surface area contributed by atoms with Crippen LogP contribution in [0.15, 0.2) is 64.5 Å². The first-order chi connectivity index (χ1) is 12.7. The van der Waals surface area contributed by atoms with E-state index < -0.39 is 0 Å². The zero-order valence-corrected chi connectivity index (χ0v) is 14.4. The molecule has 0 saturated carbocycles. The first kappa shape index (κ1) is 17.2. The van der Waals surface area contributed by atoms with E-state index in [9.17, 15) is 4.79 Å². The van der Waals surface area contributed by atoms with Crippen molar-refractivity contribution in [3.63, 3.8) is 0 Å². The average Bonchev–Trinajstić information content (AvgIpc) is 2.68. The quantitative estimate of drug-likeness (QED) is 0.527. The van der Waals surface area contributed by atoms with Crippen LogP contribution in [0.2, 0.25) is 0 Å². The van der Waals surface area contributed by atoms with Crippen molar-refractivity contribution >= 4 is 12.2 Å². The first-order valence-electron chi connectivity index (χ1n) is 7.87. The van der Waals surface area contributed by atoms with Crippen molar-refractivity contribution in [1.29, 1.82) is 0 Å². The predicted octanol–water partition coefficient (Wildman–Crippen LogP) is 2.90. The van der Waals surface area contributed by atoms with Gasteiger partial charge in [-0.3, -0.25) is 9.78 Å². The summed E-state index contributed by atoms with van der Waals surface area (Å²) in [5.74, 6) is 1.50. The molecule has 26 heavy (non-hydrogen) atoms. The molecule has 0 spiro atoms. The lowest BCUT2D eigenvalue weighted by molar-refractivity contribution is 0.355. The molecule has 0 aliphatic rings. The molecule has 0 saturated heterocycles. The minimum Gasteiger partial charge on any atom is -0.493 e. The molecule has 0 radical (unpaired) electrons. The number of H-pyrrole nitrogens is 1. The molecule has 0 amide bonds. The lowest BCUT2D eigenvalue weighted by Gasteiger charge is -2.07. The number of aromatic nitrogens is 2. The number of hydrogen-bond acceptors (Lipinski definition) is 6. The van der Waals surface area contributed by atoms with Crippen molar-refractivity contribution in [3.05, 3.63) is 70.5 Å². The molecule has 0 bridgehead atoms. The Labute approximate surface area is 150 Å². The third-order valence-corrected chi connectivity index (χ3v) is 3.60. The number of rotatable bonds is 6. The predicted molar refractivity (Wildman–Crippen MR) is 101 cm³/mol. The number of nitrogens with zero attached hydrogens (tertiary/aromatic N) is 2. The summed E-state index contributed by atoms with van der Waals surface area (Å²) in [6, 6.07) is 16.3. The fourth-order valence-electron chi connectivity index (χ4n) is 2.37. The van der Waals surface area contributed by atoms with Gasteiger partial charge in [0.2, 0.25) is 5.95 Å². The number of nitrogens with one attached hydrogen (secondary N) is 2. The summed E-state index contributed by atoms with van der Waals surface area (Å²) >= 11 is 0. The summed E-state index contributed by atoms with van der Waals surface area (Å²) in [4.78, 5) is 18.8. The number of methoxy groups -OCH3 is 2. The van der Waals surface area contributed by atoms with Crippen LogP contribution in [0.4, 0.5) is 5.95 Å². The normalized spacial score (nSPS) is 10.7. The van der Waals surface area contributed by atoms with Gasteiger partial charge in [0.25, 0.3) is 5.56 Å². The molecule has 132 valence electrons. The van der Waals surface area contributed by atoms with Gasteiger partial charge >= 0.3 is 0 Å². The van der Waals surface area contributed by atoms with Crippen LogP contribution >= 0.6 is 0 Å². The Morgan fingerprint density at radius 3 is 2.54 bits per heavy atom. The number of hydrazone groups is 1. The molecule has 0 aliphatic carbocycles. The Hall–Kier alpha value is -3.61. The van der Waals surface area contributed by atoms with Crippen molar-refractivity contribution < 1.29 is 9.47 Å². The van der Waals surface area contributed by atoms with Crippen LogP contribution in [0.1, 0.15) is 5.56 Å². The summed E-state index contributed by atoms with van der Waals surface area (Å²) in [6.07, 6.45) is 1.59. The van der Waals surface area contributed by atoms with Crippen LogP contribution in [0, 0.1) is 0 Å². The Kier molecular flexibility index (Phi) is 5.28. The topological polar surface area (TPSA) is 88.6 Å². The second-order valence-corrected chi connectivity index (χ2v) is 5.33. The average molecular weight is 350 g/mol. The lowest BCUT2D eigenvalue weighted by atomic mass is 10.1. The van der Waals surface area contributed by atoms with Crippen LogP contribution in [0.3, 0.4) is 0 Å². The highest BCUT2D eigenvalue weighted by Gasteiger charge is 2.04. The molecule has 3 aromatic rings. The third-order valence-electron chi connectivity index (χ3n) is 3.60. The smallest absolute Gasteiger partial charge is 0.252 e. The highest BCUT2D eigenvalue weighted by molar-refractivity contribution is 5.81. The SMILES string of the molecule is COc1ccc(/C=N\Nc2nc(-c3ccccc3)cc(=O)[nH]2)cc1OC. The molecular weight excluding hydrogens is 332 g/mol. The number of hydrogen-bond donors (Lipinski definition) is 2. The number of anilines is 1. The van der Waals surface area contributed by atoms with Crippen molar-refractivity contribution in [3.8, 4) is 22.8 Å². The van der Waals surface area contributed by atoms with Gasteiger partial charge in [-0.05, 0) is 23.8 Å². The van der Waals surface area contributed by atoms with E-state index >= 15 is 0 Å². The maximum absolute atomic E-state index is 11.9. The van der Waals surface area contributed by atoms with Gasteiger partial charge in [-0.2, -0.15) is 5.10 Å². The number of ether oxygens (including phenoxy) is 2. The zero-order valence-electron chi connectivity index (χ0n) is 14.4. The Morgan fingerprint density at radius 2 is 1.81 bits per heavy atom. The molecule has 2 N–H and O–H groups in total. The van der Waals surface area contributed by atoms with Gasteiger partial charge in [0.05, 0.1) is 26.1 Å². The molecule has 0 aliphatic heterocycles. The molecule has 0 unspecified atom stereocenters. The van der Waals surface area contributed by atoms with Crippen LogP contribution in [0.5, 0.6) is 11.5 Å². The van der Waals surface area contributed by atoms with Crippen LogP contribution in [0.25, 0.3) is 11.3 Å². The second kappa shape index (κ2) is 7.98. The monoisotopic (exact) mass is 350 g/mol. The molecule has 1 heterocycles. The fourth-order valence-corrected chi connectivity index (χ4v) is 2.37. The second-order valence-electron chi connectivity index (χ2n) is 5.33. The van der Waals surface area contributed by atoms with Gasteiger partial charge in [-0.15, -0.1) is 0 Å². The molecule has 0 atom stereocenters. The van der Waals surface area contributed by atoms with E-state index in [4.69, 9.17) is 9.47 Å². The maximum atomic E-state index is 11.9. The lowest BCUT2D eigenvalue weighted by Crippen LogP contribution is -2.10. The number of aromatic amines is 1. The summed E-state index contributed by atoms with van der Waals surface area (Å²) in [5.41, 5.74) is 4.70. The maximum Gasteiger partial charge on any atom is 0.252 e. The van der Waals surface area contributed by atoms with Gasteiger partial charge in [-0.25, -0.2) is 10.4 Å². The Balaban J connectivity index is 1.79. The summed E-state index contributed by atoms with van der Waals surface area (Å²) in [7, 11) is 3.15. The highest BCUT2D eigenvalue weighted by atomic mass is 16.5. The van der Waals surface area contributed by atoms with Crippen LogP contribution in [-0.2, 0) is 0 Å². The molecule has 3 rings (SSSR count). The van der Waals surface area contributed by atoms with Crippen LogP contribution in [-0.4, -0.2) is 30.4 Å². The summed E-state index contributed by atoms with van der Waals surface area (Å²) in [5, 5.41) is 4.11. The van der Waals surface area contributed by atoms with Crippen molar-refractivity contribution in [2.75, 3.05) is 19.6 Å². The number of benzene rings is 2. The minimum absolute atomic E-state index is 0.257. The van der Waals surface area contributed by atoms with Gasteiger partial charge in [0, 0.05) is 11.6 Å². The van der Waals surface area contributed by atoms with E-state index in [1.165, 1.54) is 6.07 Å². The molecule has 2 aromatic carbocycles. The fraction of sp³-hybridized carbons (Fsp3) is 0.105. The van der Waals surface area contributed by atoms with E-state index in [-0.39, 0.29) is 11.5 Å². The highest BCUT2D eigenvalue weighted by Crippen LogP contribution is 2.26. The van der Waals surface area contributed by atoms with E-state index in [1.807, 2.05) is 36.4 Å². The zero-order chi connectivity index (χ0) is 18.4. The van der Waals surface area contributed by atoms with Crippen LogP contribution < -0.4 is 20.5 Å². The van der Waals surface area contributed by atoms with E-state index in [0.717, 1.165) is 11.1 Å². The van der Waals surface area contributed by atoms with E-state index in [1.54, 1.807) is 32.6 Å². The van der Waals surface area contributed by atoms with Gasteiger partial charge in [0.15, 0.2) is 11.5 Å². The van der Waals surface area contributed by atoms with Crippen molar-refractivity contribution in [1.82, 2.24) is 9.97 Å². The van der Waals surface area contributed by atoms with E-state index in [0.29, 0.717) is 17.2 Å². The summed E-state index contributed by atoms with van der Waals surface area (Å²) < 4.78 is 10.5. The third kappa shape index (κ3) is 4.07. The van der Waals surface area contributed by atoms with E-state index in [2.05, 4.69) is 20.5 Å². The first-order valence-corrected chi connectivity index (χ1v) is 7.87. The standard InChI is InChI=1S/C19H18N4O3/c1-25-16-9-8-13(10-17(16)26-2)12-20-23-19-21-15(11-18(24)22-19)14-6-4-3-5-7-14/h3-12H,1-2H3,(H2,21,22,23,24)/b20-12-. The van der Waals surface area contributed by atoms with Gasteiger partial charge in [-0.1, -0.05) is 30.3 Å². The molecule has 7 heteroatoms. The largest absolute Gasteiger partial charge is 0.493 e. The summed E-state index contributed by atoms with van der Waals surface area (Å²) in [6.45, 7) is 0. The molecular formula is C19H18N4O3. The van der Waals surface area contributed by atoms with Gasteiger partial charge < -0.3 is 9.47 Å². The van der Waals surface area contributed by atoms with Crippen molar-refractivity contribution in [2.24, 2.45) is 5.10 Å². The molecule has 7 nitrogen and oxygen atoms in total. The molecule has 0 fully saturated rings. The van der Waals surface area contributed by atoms with Gasteiger partial charge in [0.1, 0.15) is 0 Å². The Bertz CT molecular complexity index is 968. The Morgan fingerprint density at radius 1 is 1.04 bits per heavy atom. The molecule has 1 aromatic heterocycles. The minimum atomic E-state index is -0.261.